The number of nitrogens with zero attached hydrogens (tertiary/aromatic N) is 2. The van der Waals surface area contributed by atoms with E-state index in [-0.39, 0.29) is 5.91 Å². The molecule has 148 valence electrons. The van der Waals surface area contributed by atoms with Gasteiger partial charge in [-0.3, -0.25) is 4.79 Å². The Morgan fingerprint density at radius 3 is 2.75 bits per heavy atom. The number of benzene rings is 2. The standard InChI is InChI=1S/C22H26N2O3S/c1-5-7-13-27-17-10-8-9-16(14-17)21(25)23-22-24(6-2)19-18(26-4)12-11-15(3)20(19)28-22/h8-12,14H,5-7,13H2,1-4H3. The number of carbonyl (C=O) groups is 1. The van der Waals surface area contributed by atoms with E-state index in [0.29, 0.717) is 29.3 Å². The molecule has 1 heterocycles. The van der Waals surface area contributed by atoms with Crippen molar-refractivity contribution in [3.05, 3.63) is 52.3 Å². The molecule has 28 heavy (non-hydrogen) atoms. The van der Waals surface area contributed by atoms with Crippen molar-refractivity contribution in [2.45, 2.75) is 40.2 Å². The molecular formula is C22H26N2O3S. The molecule has 0 aliphatic carbocycles. The fourth-order valence-electron chi connectivity index (χ4n) is 3.03. The van der Waals surface area contributed by atoms with Crippen LogP contribution in [0, 0.1) is 6.92 Å². The molecule has 0 fully saturated rings. The summed E-state index contributed by atoms with van der Waals surface area (Å²) in [5.74, 6) is 1.22. The van der Waals surface area contributed by atoms with Gasteiger partial charge in [0.25, 0.3) is 5.91 Å². The summed E-state index contributed by atoms with van der Waals surface area (Å²) >= 11 is 1.51. The Bertz CT molecular complexity index is 1050. The third-order valence-electron chi connectivity index (χ3n) is 4.57. The van der Waals surface area contributed by atoms with Crippen molar-refractivity contribution in [3.63, 3.8) is 0 Å². The van der Waals surface area contributed by atoms with Gasteiger partial charge in [-0.15, -0.1) is 0 Å². The molecule has 1 amide bonds. The molecule has 0 radical (unpaired) electrons. The number of ether oxygens (including phenoxy) is 2. The number of amides is 1. The highest BCUT2D eigenvalue weighted by Gasteiger charge is 2.14. The number of hydrogen-bond donors (Lipinski definition) is 0. The molecule has 0 N–H and O–H groups in total. The van der Waals surface area contributed by atoms with Crippen LogP contribution in [0.25, 0.3) is 10.2 Å². The van der Waals surface area contributed by atoms with Gasteiger partial charge in [-0.1, -0.05) is 36.8 Å². The number of fused-ring (bicyclic) bond motifs is 1. The molecule has 5 nitrogen and oxygen atoms in total. The maximum absolute atomic E-state index is 12.8. The predicted octanol–water partition coefficient (Wildman–Crippen LogP) is 4.96. The first-order chi connectivity index (χ1) is 13.6. The van der Waals surface area contributed by atoms with Gasteiger partial charge in [-0.25, -0.2) is 0 Å². The summed E-state index contributed by atoms with van der Waals surface area (Å²) in [7, 11) is 1.66. The molecule has 0 aliphatic heterocycles. The maximum atomic E-state index is 12.8. The van der Waals surface area contributed by atoms with Crippen LogP contribution in [0.1, 0.15) is 42.6 Å². The summed E-state index contributed by atoms with van der Waals surface area (Å²) in [5.41, 5.74) is 2.65. The molecule has 0 unspecified atom stereocenters. The Kier molecular flexibility index (Phi) is 6.52. The summed E-state index contributed by atoms with van der Waals surface area (Å²) in [6.07, 6.45) is 2.06. The van der Waals surface area contributed by atoms with Crippen molar-refractivity contribution < 1.29 is 14.3 Å². The zero-order chi connectivity index (χ0) is 20.1. The van der Waals surface area contributed by atoms with Gasteiger partial charge in [0.15, 0.2) is 4.80 Å². The predicted molar refractivity (Wildman–Crippen MR) is 114 cm³/mol. The highest BCUT2D eigenvalue weighted by Crippen LogP contribution is 2.30. The number of rotatable bonds is 7. The zero-order valence-corrected chi connectivity index (χ0v) is 17.6. The average molecular weight is 399 g/mol. The van der Waals surface area contributed by atoms with Crippen molar-refractivity contribution in [2.24, 2.45) is 4.99 Å². The van der Waals surface area contributed by atoms with Gasteiger partial charge in [-0.2, -0.15) is 4.99 Å². The molecule has 0 aliphatic rings. The van der Waals surface area contributed by atoms with Crippen LogP contribution in [0.2, 0.25) is 0 Å². The van der Waals surface area contributed by atoms with E-state index in [1.807, 2.05) is 35.8 Å². The first-order valence-corrected chi connectivity index (χ1v) is 10.4. The number of aromatic nitrogens is 1. The van der Waals surface area contributed by atoms with E-state index < -0.39 is 0 Å². The van der Waals surface area contributed by atoms with Crippen molar-refractivity contribution >= 4 is 27.5 Å². The Morgan fingerprint density at radius 2 is 2.04 bits per heavy atom. The van der Waals surface area contributed by atoms with E-state index >= 15 is 0 Å². The number of thiazole rings is 1. The zero-order valence-electron chi connectivity index (χ0n) is 16.8. The fourth-order valence-corrected chi connectivity index (χ4v) is 4.20. The second-order valence-electron chi connectivity index (χ2n) is 6.54. The highest BCUT2D eigenvalue weighted by molar-refractivity contribution is 7.16. The van der Waals surface area contributed by atoms with Gasteiger partial charge in [-0.05, 0) is 50.1 Å². The topological polar surface area (TPSA) is 52.8 Å². The summed E-state index contributed by atoms with van der Waals surface area (Å²) in [4.78, 5) is 17.9. The molecule has 2 aromatic carbocycles. The first-order valence-electron chi connectivity index (χ1n) is 9.57. The molecule has 0 spiro atoms. The number of hydrogen-bond acceptors (Lipinski definition) is 4. The first kappa shape index (κ1) is 20.1. The number of aryl methyl sites for hydroxylation is 2. The lowest BCUT2D eigenvalue weighted by atomic mass is 10.2. The lowest BCUT2D eigenvalue weighted by Gasteiger charge is -2.07. The normalized spacial score (nSPS) is 11.8. The monoisotopic (exact) mass is 398 g/mol. The van der Waals surface area contributed by atoms with Crippen LogP contribution in [0.4, 0.5) is 0 Å². The smallest absolute Gasteiger partial charge is 0.279 e. The molecule has 3 rings (SSSR count). The number of carbonyl (C=O) groups excluding carboxylic acids is 1. The van der Waals surface area contributed by atoms with E-state index in [0.717, 1.165) is 34.4 Å². The van der Waals surface area contributed by atoms with Crippen LogP contribution in [-0.4, -0.2) is 24.2 Å². The van der Waals surface area contributed by atoms with Crippen molar-refractivity contribution in [2.75, 3.05) is 13.7 Å². The van der Waals surface area contributed by atoms with Gasteiger partial charge >= 0.3 is 0 Å². The summed E-state index contributed by atoms with van der Waals surface area (Å²) in [5, 5.41) is 0. The van der Waals surface area contributed by atoms with Crippen LogP contribution in [0.5, 0.6) is 11.5 Å². The molecule has 0 atom stereocenters. The molecule has 3 aromatic rings. The van der Waals surface area contributed by atoms with Crippen molar-refractivity contribution in [3.8, 4) is 11.5 Å². The average Bonchev–Trinajstić information content (AvgIpc) is 3.08. The molecule has 0 bridgehead atoms. The van der Waals surface area contributed by atoms with Crippen LogP contribution < -0.4 is 14.3 Å². The van der Waals surface area contributed by atoms with E-state index in [1.54, 1.807) is 19.2 Å². The summed E-state index contributed by atoms with van der Waals surface area (Å²) in [6, 6.07) is 11.2. The second-order valence-corrected chi connectivity index (χ2v) is 7.52. The second kappa shape index (κ2) is 9.06. The lowest BCUT2D eigenvalue weighted by molar-refractivity contribution is 0.0997. The van der Waals surface area contributed by atoms with Crippen LogP contribution in [-0.2, 0) is 6.54 Å². The van der Waals surface area contributed by atoms with Gasteiger partial charge in [0, 0.05) is 12.1 Å². The Balaban J connectivity index is 2.02. The minimum absolute atomic E-state index is 0.272. The van der Waals surface area contributed by atoms with Gasteiger partial charge < -0.3 is 14.0 Å². The van der Waals surface area contributed by atoms with Crippen molar-refractivity contribution in [1.82, 2.24) is 4.57 Å². The quantitative estimate of drug-likeness (QED) is 0.529. The Morgan fingerprint density at radius 1 is 1.21 bits per heavy atom. The Hall–Kier alpha value is -2.60. The highest BCUT2D eigenvalue weighted by atomic mass is 32.1. The van der Waals surface area contributed by atoms with Crippen LogP contribution in [0.15, 0.2) is 41.4 Å². The SMILES string of the molecule is CCCCOc1cccc(C(=O)N=c2sc3c(C)ccc(OC)c3n2CC)c1. The third kappa shape index (κ3) is 4.12. The molecular weight excluding hydrogens is 372 g/mol. The van der Waals surface area contributed by atoms with Gasteiger partial charge in [0.2, 0.25) is 0 Å². The third-order valence-corrected chi connectivity index (χ3v) is 5.78. The largest absolute Gasteiger partial charge is 0.495 e. The van der Waals surface area contributed by atoms with Crippen LogP contribution >= 0.6 is 11.3 Å². The van der Waals surface area contributed by atoms with E-state index in [1.165, 1.54) is 11.3 Å². The van der Waals surface area contributed by atoms with Crippen LogP contribution in [0.3, 0.4) is 0 Å². The maximum Gasteiger partial charge on any atom is 0.279 e. The summed E-state index contributed by atoms with van der Waals surface area (Å²) in [6.45, 7) is 7.57. The molecule has 0 saturated carbocycles. The van der Waals surface area contributed by atoms with Gasteiger partial charge in [0.1, 0.15) is 17.0 Å². The fraction of sp³-hybridized carbons (Fsp3) is 0.364. The van der Waals surface area contributed by atoms with E-state index in [4.69, 9.17) is 9.47 Å². The Labute approximate surface area is 169 Å². The molecule has 0 saturated heterocycles. The summed E-state index contributed by atoms with van der Waals surface area (Å²) < 4.78 is 14.4. The molecule has 1 aromatic heterocycles. The lowest BCUT2D eigenvalue weighted by Crippen LogP contribution is -2.16. The van der Waals surface area contributed by atoms with E-state index in [9.17, 15) is 4.79 Å². The van der Waals surface area contributed by atoms with E-state index in [2.05, 4.69) is 18.8 Å². The molecule has 6 heteroatoms. The number of methoxy groups -OCH3 is 1. The van der Waals surface area contributed by atoms with Gasteiger partial charge in [0.05, 0.1) is 18.4 Å². The number of unbranched alkanes of at least 4 members (excludes halogenated alkanes) is 1. The minimum Gasteiger partial charge on any atom is -0.495 e. The minimum atomic E-state index is -0.272. The van der Waals surface area contributed by atoms with Crippen molar-refractivity contribution in [1.29, 1.82) is 0 Å².